The molecule has 0 fully saturated rings. The largest absolute Gasteiger partial charge is 0.483 e. The highest BCUT2D eigenvalue weighted by Crippen LogP contribution is 2.30. The van der Waals surface area contributed by atoms with Crippen LogP contribution in [0.5, 0.6) is 0 Å². The van der Waals surface area contributed by atoms with Gasteiger partial charge in [-0.25, -0.2) is 4.99 Å². The molecule has 0 amide bonds. The summed E-state index contributed by atoms with van der Waals surface area (Å²) in [6.45, 7) is 3.09. The lowest BCUT2D eigenvalue weighted by atomic mass is 9.93. The third-order valence-electron chi connectivity index (χ3n) is 2.66. The zero-order chi connectivity index (χ0) is 11.6. The first-order valence-corrected chi connectivity index (χ1v) is 5.90. The molecular formula is C12H14BrNO2. The Balaban J connectivity index is 2.38. The molecule has 0 N–H and O–H groups in total. The van der Waals surface area contributed by atoms with Crippen LogP contribution in [0.2, 0.25) is 0 Å². The molecule has 0 bridgehead atoms. The van der Waals surface area contributed by atoms with Gasteiger partial charge in [0.15, 0.2) is 0 Å². The van der Waals surface area contributed by atoms with Crippen molar-refractivity contribution < 1.29 is 9.47 Å². The fourth-order valence-electron chi connectivity index (χ4n) is 1.75. The number of hydrogen-bond acceptors (Lipinski definition) is 3. The van der Waals surface area contributed by atoms with Crippen LogP contribution in [-0.2, 0) is 15.0 Å². The van der Waals surface area contributed by atoms with Crippen LogP contribution in [-0.4, -0.2) is 26.2 Å². The number of nitrogens with zero attached hydrogens (tertiary/aromatic N) is 1. The third kappa shape index (κ3) is 2.28. The van der Waals surface area contributed by atoms with Crippen LogP contribution in [0.3, 0.4) is 0 Å². The van der Waals surface area contributed by atoms with Crippen LogP contribution in [0, 0.1) is 0 Å². The molecule has 1 unspecified atom stereocenters. The van der Waals surface area contributed by atoms with Gasteiger partial charge in [-0.05, 0) is 24.6 Å². The fourth-order valence-corrected chi connectivity index (χ4v) is 2.15. The van der Waals surface area contributed by atoms with Gasteiger partial charge in [-0.15, -0.1) is 0 Å². The van der Waals surface area contributed by atoms with E-state index in [1.165, 1.54) is 0 Å². The SMILES string of the molecule is COC1=NC(C)(c2cccc(Br)c2)COC1. The van der Waals surface area contributed by atoms with E-state index < -0.39 is 0 Å². The monoisotopic (exact) mass is 283 g/mol. The van der Waals surface area contributed by atoms with Crippen molar-refractivity contribution in [3.05, 3.63) is 34.3 Å². The summed E-state index contributed by atoms with van der Waals surface area (Å²) in [6.07, 6.45) is 0. The van der Waals surface area contributed by atoms with Gasteiger partial charge >= 0.3 is 0 Å². The molecule has 0 aromatic heterocycles. The van der Waals surface area contributed by atoms with E-state index in [1.807, 2.05) is 19.1 Å². The zero-order valence-corrected chi connectivity index (χ0v) is 11.0. The van der Waals surface area contributed by atoms with E-state index in [-0.39, 0.29) is 5.54 Å². The molecule has 1 atom stereocenters. The predicted molar refractivity (Wildman–Crippen MR) is 66.8 cm³/mol. The van der Waals surface area contributed by atoms with Crippen LogP contribution < -0.4 is 0 Å². The van der Waals surface area contributed by atoms with Gasteiger partial charge in [-0.3, -0.25) is 0 Å². The average molecular weight is 284 g/mol. The van der Waals surface area contributed by atoms with Crippen molar-refractivity contribution in [2.45, 2.75) is 12.5 Å². The third-order valence-corrected chi connectivity index (χ3v) is 3.16. The van der Waals surface area contributed by atoms with Crippen molar-refractivity contribution in [3.63, 3.8) is 0 Å². The summed E-state index contributed by atoms with van der Waals surface area (Å²) >= 11 is 3.46. The first kappa shape index (κ1) is 11.6. The van der Waals surface area contributed by atoms with Crippen LogP contribution >= 0.6 is 15.9 Å². The molecule has 1 aliphatic rings. The summed E-state index contributed by atoms with van der Waals surface area (Å²) in [5.41, 5.74) is 0.768. The summed E-state index contributed by atoms with van der Waals surface area (Å²) in [7, 11) is 1.62. The van der Waals surface area contributed by atoms with E-state index in [9.17, 15) is 0 Å². The van der Waals surface area contributed by atoms with Gasteiger partial charge in [-0.1, -0.05) is 28.1 Å². The number of halogens is 1. The Bertz CT molecular complexity index is 419. The van der Waals surface area contributed by atoms with Crippen molar-refractivity contribution in [2.75, 3.05) is 20.3 Å². The zero-order valence-electron chi connectivity index (χ0n) is 9.37. The van der Waals surface area contributed by atoms with E-state index in [2.05, 4.69) is 33.1 Å². The van der Waals surface area contributed by atoms with Gasteiger partial charge in [-0.2, -0.15) is 0 Å². The number of benzene rings is 1. The van der Waals surface area contributed by atoms with Gasteiger partial charge in [0.2, 0.25) is 5.90 Å². The molecule has 0 saturated heterocycles. The smallest absolute Gasteiger partial charge is 0.210 e. The Labute approximate surface area is 104 Å². The maximum Gasteiger partial charge on any atom is 0.210 e. The van der Waals surface area contributed by atoms with Crippen molar-refractivity contribution in [1.29, 1.82) is 0 Å². The highest BCUT2D eigenvalue weighted by molar-refractivity contribution is 9.10. The Hall–Kier alpha value is -0.870. The molecule has 1 aromatic rings. The van der Waals surface area contributed by atoms with Crippen molar-refractivity contribution >= 4 is 21.8 Å². The number of hydrogen-bond donors (Lipinski definition) is 0. The fraction of sp³-hybridized carbons (Fsp3) is 0.417. The second-order valence-electron chi connectivity index (χ2n) is 3.99. The molecule has 86 valence electrons. The van der Waals surface area contributed by atoms with Gasteiger partial charge in [0.25, 0.3) is 0 Å². The topological polar surface area (TPSA) is 30.8 Å². The second-order valence-corrected chi connectivity index (χ2v) is 4.90. The van der Waals surface area contributed by atoms with E-state index in [1.54, 1.807) is 7.11 Å². The molecule has 2 rings (SSSR count). The standard InChI is InChI=1S/C12H14BrNO2/c1-12(8-16-7-11(14-12)15-2)9-4-3-5-10(13)6-9/h3-6H,7-8H2,1-2H3. The normalized spacial score (nSPS) is 25.1. The van der Waals surface area contributed by atoms with E-state index >= 15 is 0 Å². The van der Waals surface area contributed by atoms with Crippen molar-refractivity contribution in [1.82, 2.24) is 0 Å². The molecule has 1 aromatic carbocycles. The van der Waals surface area contributed by atoms with E-state index in [0.29, 0.717) is 19.1 Å². The van der Waals surface area contributed by atoms with Gasteiger partial charge in [0, 0.05) is 4.47 Å². The van der Waals surface area contributed by atoms with Crippen LogP contribution in [0.15, 0.2) is 33.7 Å². The maximum atomic E-state index is 5.51. The van der Waals surface area contributed by atoms with Crippen LogP contribution in [0.25, 0.3) is 0 Å². The van der Waals surface area contributed by atoms with Gasteiger partial charge in [0.1, 0.15) is 12.1 Å². The molecule has 0 radical (unpaired) electrons. The molecule has 1 aliphatic heterocycles. The van der Waals surface area contributed by atoms with E-state index in [0.717, 1.165) is 10.0 Å². The molecule has 1 heterocycles. The lowest BCUT2D eigenvalue weighted by molar-refractivity contribution is 0.0899. The molecule has 16 heavy (non-hydrogen) atoms. The number of ether oxygens (including phenoxy) is 2. The summed E-state index contributed by atoms with van der Waals surface area (Å²) in [6, 6.07) is 8.11. The maximum absolute atomic E-state index is 5.51. The number of aliphatic imine (C=N–C) groups is 1. The first-order chi connectivity index (χ1) is 7.64. The Morgan fingerprint density at radius 1 is 1.50 bits per heavy atom. The minimum absolute atomic E-state index is 0.354. The molecule has 0 saturated carbocycles. The minimum Gasteiger partial charge on any atom is -0.483 e. The number of methoxy groups -OCH3 is 1. The average Bonchev–Trinajstić information content (AvgIpc) is 2.29. The highest BCUT2D eigenvalue weighted by Gasteiger charge is 2.30. The first-order valence-electron chi connectivity index (χ1n) is 5.10. The van der Waals surface area contributed by atoms with Gasteiger partial charge in [0.05, 0.1) is 13.7 Å². The molecular weight excluding hydrogens is 270 g/mol. The quantitative estimate of drug-likeness (QED) is 0.794. The highest BCUT2D eigenvalue weighted by atomic mass is 79.9. The number of rotatable bonds is 1. The molecule has 3 nitrogen and oxygen atoms in total. The molecule has 0 spiro atoms. The Kier molecular flexibility index (Phi) is 3.30. The lowest BCUT2D eigenvalue weighted by Gasteiger charge is -2.30. The van der Waals surface area contributed by atoms with Crippen molar-refractivity contribution in [3.8, 4) is 0 Å². The lowest BCUT2D eigenvalue weighted by Crippen LogP contribution is -2.34. The van der Waals surface area contributed by atoms with Gasteiger partial charge < -0.3 is 9.47 Å². The van der Waals surface area contributed by atoms with E-state index in [4.69, 9.17) is 9.47 Å². The molecule has 4 heteroatoms. The summed E-state index contributed by atoms with van der Waals surface area (Å²) in [5.74, 6) is 0.647. The predicted octanol–water partition coefficient (Wildman–Crippen LogP) is 2.74. The Morgan fingerprint density at radius 2 is 2.31 bits per heavy atom. The Morgan fingerprint density at radius 3 is 3.00 bits per heavy atom. The van der Waals surface area contributed by atoms with Crippen LogP contribution in [0.1, 0.15) is 12.5 Å². The summed E-state index contributed by atoms with van der Waals surface area (Å²) in [4.78, 5) is 4.59. The summed E-state index contributed by atoms with van der Waals surface area (Å²) in [5, 5.41) is 0. The molecule has 0 aliphatic carbocycles. The van der Waals surface area contributed by atoms with Crippen LogP contribution in [0.4, 0.5) is 0 Å². The minimum atomic E-state index is -0.354. The summed E-state index contributed by atoms with van der Waals surface area (Å²) < 4.78 is 11.7. The van der Waals surface area contributed by atoms with Crippen molar-refractivity contribution in [2.24, 2.45) is 4.99 Å². The second kappa shape index (κ2) is 4.55.